The third kappa shape index (κ3) is 2.40. The zero-order chi connectivity index (χ0) is 16.0. The average Bonchev–Trinajstić information content (AvgIpc) is 3.09. The van der Waals surface area contributed by atoms with Crippen LogP contribution in [0.5, 0.6) is 0 Å². The maximum atomic E-state index is 12.4. The molecule has 2 aromatic heterocycles. The quantitative estimate of drug-likeness (QED) is 0.875. The zero-order valence-electron chi connectivity index (χ0n) is 12.3. The first-order chi connectivity index (χ1) is 10.4. The Morgan fingerprint density at radius 1 is 1.36 bits per heavy atom. The van der Waals surface area contributed by atoms with Gasteiger partial charge in [0, 0.05) is 13.1 Å². The maximum Gasteiger partial charge on any atom is 0.330 e. The predicted molar refractivity (Wildman–Crippen MR) is 86.2 cm³/mol. The van der Waals surface area contributed by atoms with E-state index in [0.717, 1.165) is 9.78 Å². The molecule has 1 aliphatic rings. The summed E-state index contributed by atoms with van der Waals surface area (Å²) in [6.45, 7) is 3.79. The van der Waals surface area contributed by atoms with Crippen LogP contribution in [0.4, 0.5) is 10.6 Å². The Bertz CT molecular complexity index is 752. The fourth-order valence-electron chi connectivity index (χ4n) is 2.41. The number of anilines is 1. The molecule has 1 fully saturated rings. The smallest absolute Gasteiger partial charge is 0.325 e. The normalized spacial score (nSPS) is 18.4. The van der Waals surface area contributed by atoms with Crippen molar-refractivity contribution in [1.82, 2.24) is 15.1 Å². The number of aromatic nitrogens is 2. The van der Waals surface area contributed by atoms with Crippen molar-refractivity contribution in [3.63, 3.8) is 0 Å². The van der Waals surface area contributed by atoms with Crippen LogP contribution in [-0.4, -0.2) is 27.8 Å². The van der Waals surface area contributed by atoms with Crippen LogP contribution in [-0.2, 0) is 11.8 Å². The van der Waals surface area contributed by atoms with Gasteiger partial charge in [0.1, 0.15) is 17.6 Å². The van der Waals surface area contributed by atoms with Crippen molar-refractivity contribution in [2.24, 2.45) is 13.0 Å². The summed E-state index contributed by atoms with van der Waals surface area (Å²) in [6, 6.07) is 4.47. The molecule has 2 aromatic rings. The molecule has 0 bridgehead atoms. The molecule has 1 aliphatic heterocycles. The number of halogens is 1. The molecule has 0 radical (unpaired) electrons. The van der Waals surface area contributed by atoms with Gasteiger partial charge in [-0.25, -0.2) is 9.69 Å². The summed E-state index contributed by atoms with van der Waals surface area (Å²) in [5, 5.41) is 7.08. The number of aryl methyl sites for hydroxylation is 1. The van der Waals surface area contributed by atoms with Gasteiger partial charge in [-0.3, -0.25) is 9.48 Å². The summed E-state index contributed by atoms with van der Waals surface area (Å²) in [6.07, 6.45) is 0. The highest BCUT2D eigenvalue weighted by atomic mass is 35.5. The molecule has 1 atom stereocenters. The molecule has 0 unspecified atom stereocenters. The Morgan fingerprint density at radius 3 is 2.64 bits per heavy atom. The Kier molecular flexibility index (Phi) is 3.70. The number of amides is 3. The summed E-state index contributed by atoms with van der Waals surface area (Å²) in [4.78, 5) is 26.6. The molecule has 3 amide bonds. The molecule has 0 aliphatic carbocycles. The van der Waals surface area contributed by atoms with Crippen LogP contribution in [0.1, 0.15) is 13.8 Å². The molecule has 116 valence electrons. The zero-order valence-corrected chi connectivity index (χ0v) is 13.9. The molecule has 3 rings (SSSR count). The van der Waals surface area contributed by atoms with Gasteiger partial charge in [0.2, 0.25) is 0 Å². The van der Waals surface area contributed by atoms with Crippen LogP contribution in [0.15, 0.2) is 18.2 Å². The van der Waals surface area contributed by atoms with Crippen LogP contribution in [0.3, 0.4) is 0 Å². The number of carbonyl (C=O) groups is 2. The molecule has 1 N–H and O–H groups in total. The first-order valence-corrected chi connectivity index (χ1v) is 8.02. The highest BCUT2D eigenvalue weighted by Crippen LogP contribution is 2.33. The van der Waals surface area contributed by atoms with Gasteiger partial charge < -0.3 is 5.32 Å². The second-order valence-electron chi connectivity index (χ2n) is 5.46. The lowest BCUT2D eigenvalue weighted by Crippen LogP contribution is -2.35. The molecule has 0 spiro atoms. The number of rotatable bonds is 3. The van der Waals surface area contributed by atoms with E-state index < -0.39 is 12.1 Å². The van der Waals surface area contributed by atoms with Gasteiger partial charge in [0.25, 0.3) is 5.91 Å². The van der Waals surface area contributed by atoms with E-state index in [4.69, 9.17) is 11.6 Å². The lowest BCUT2D eigenvalue weighted by atomic mass is 10.1. The van der Waals surface area contributed by atoms with E-state index in [0.29, 0.717) is 15.8 Å². The van der Waals surface area contributed by atoms with E-state index in [2.05, 4.69) is 10.4 Å². The third-order valence-electron chi connectivity index (χ3n) is 3.55. The summed E-state index contributed by atoms with van der Waals surface area (Å²) >= 11 is 7.34. The number of nitrogens with zero attached hydrogens (tertiary/aromatic N) is 3. The van der Waals surface area contributed by atoms with Gasteiger partial charge in [0.05, 0.1) is 9.21 Å². The van der Waals surface area contributed by atoms with Crippen molar-refractivity contribution in [2.75, 3.05) is 4.90 Å². The fourth-order valence-corrected chi connectivity index (χ4v) is 3.41. The lowest BCUT2D eigenvalue weighted by Gasteiger charge is -2.13. The molecule has 8 heteroatoms. The molecule has 0 saturated carbocycles. The monoisotopic (exact) mass is 338 g/mol. The summed E-state index contributed by atoms with van der Waals surface area (Å²) in [5.41, 5.74) is 0.683. The van der Waals surface area contributed by atoms with Gasteiger partial charge in [0.15, 0.2) is 0 Å². The van der Waals surface area contributed by atoms with E-state index in [-0.39, 0.29) is 11.8 Å². The Morgan fingerprint density at radius 2 is 2.09 bits per heavy atom. The highest BCUT2D eigenvalue weighted by molar-refractivity contribution is 7.19. The number of thiophene rings is 1. The van der Waals surface area contributed by atoms with Gasteiger partial charge in [-0.05, 0) is 18.1 Å². The van der Waals surface area contributed by atoms with Crippen molar-refractivity contribution in [3.8, 4) is 10.6 Å². The largest absolute Gasteiger partial charge is 0.330 e. The highest BCUT2D eigenvalue weighted by Gasteiger charge is 2.42. The van der Waals surface area contributed by atoms with Gasteiger partial charge in [-0.15, -0.1) is 11.3 Å². The minimum Gasteiger partial charge on any atom is -0.325 e. The van der Waals surface area contributed by atoms with Crippen LogP contribution in [0, 0.1) is 5.92 Å². The predicted octanol–water partition coefficient (Wildman–Crippen LogP) is 2.88. The van der Waals surface area contributed by atoms with Crippen molar-refractivity contribution in [3.05, 3.63) is 22.5 Å². The summed E-state index contributed by atoms with van der Waals surface area (Å²) in [5.74, 6) is 0.231. The topological polar surface area (TPSA) is 67.2 Å². The average molecular weight is 339 g/mol. The summed E-state index contributed by atoms with van der Waals surface area (Å²) in [7, 11) is 1.71. The molecule has 1 saturated heterocycles. The maximum absolute atomic E-state index is 12.4. The van der Waals surface area contributed by atoms with Crippen LogP contribution in [0.25, 0.3) is 10.6 Å². The Labute approximate surface area is 136 Å². The number of hydrogen-bond acceptors (Lipinski definition) is 4. The second kappa shape index (κ2) is 5.40. The number of urea groups is 1. The first-order valence-electron chi connectivity index (χ1n) is 6.82. The van der Waals surface area contributed by atoms with Gasteiger partial charge >= 0.3 is 6.03 Å². The minimum absolute atomic E-state index is 0.0326. The van der Waals surface area contributed by atoms with E-state index in [1.165, 1.54) is 16.0 Å². The SMILES string of the molecule is CC(C)[C@@H]1NC(=O)N(c2cc(-c3ccc(Cl)s3)nn2C)C1=O. The van der Waals surface area contributed by atoms with Crippen molar-refractivity contribution < 1.29 is 9.59 Å². The Balaban J connectivity index is 1.97. The van der Waals surface area contributed by atoms with E-state index >= 15 is 0 Å². The van der Waals surface area contributed by atoms with Crippen LogP contribution >= 0.6 is 22.9 Å². The standard InChI is InChI=1S/C14H15ClN4O2S/c1-7(2)12-13(20)19(14(21)16-12)11-6-8(17-18(11)3)9-4-5-10(15)22-9/h4-7,12H,1-3H3,(H,16,21)/t12-/m0/s1. The number of nitrogens with one attached hydrogen (secondary N) is 1. The van der Waals surface area contributed by atoms with E-state index in [1.807, 2.05) is 19.9 Å². The van der Waals surface area contributed by atoms with Gasteiger partial charge in [-0.1, -0.05) is 25.4 Å². The van der Waals surface area contributed by atoms with E-state index in [9.17, 15) is 9.59 Å². The van der Waals surface area contributed by atoms with Crippen molar-refractivity contribution >= 4 is 40.7 Å². The third-order valence-corrected chi connectivity index (χ3v) is 4.80. The minimum atomic E-state index is -0.498. The van der Waals surface area contributed by atoms with Crippen LogP contribution in [0.2, 0.25) is 4.34 Å². The van der Waals surface area contributed by atoms with Crippen molar-refractivity contribution in [2.45, 2.75) is 19.9 Å². The van der Waals surface area contributed by atoms with Crippen molar-refractivity contribution in [1.29, 1.82) is 0 Å². The Hall–Kier alpha value is -1.86. The first kappa shape index (κ1) is 15.1. The molecule has 0 aromatic carbocycles. The fraction of sp³-hybridized carbons (Fsp3) is 0.357. The number of hydrogen-bond donors (Lipinski definition) is 1. The van der Waals surface area contributed by atoms with Crippen LogP contribution < -0.4 is 10.2 Å². The number of carbonyl (C=O) groups excluding carboxylic acids is 2. The summed E-state index contributed by atoms with van der Waals surface area (Å²) < 4.78 is 2.19. The lowest BCUT2D eigenvalue weighted by molar-refractivity contribution is -0.119. The molecular weight excluding hydrogens is 324 g/mol. The number of imide groups is 1. The second-order valence-corrected chi connectivity index (χ2v) is 7.18. The molecule has 6 nitrogen and oxygen atoms in total. The molecule has 22 heavy (non-hydrogen) atoms. The van der Waals surface area contributed by atoms with Gasteiger partial charge in [-0.2, -0.15) is 5.10 Å². The molecule has 3 heterocycles. The van der Waals surface area contributed by atoms with E-state index in [1.54, 1.807) is 19.2 Å². The molecular formula is C14H15ClN4O2S.